The fourth-order valence-corrected chi connectivity index (χ4v) is 3.13. The van der Waals surface area contributed by atoms with Gasteiger partial charge in [-0.3, -0.25) is 4.90 Å². The van der Waals surface area contributed by atoms with Crippen molar-refractivity contribution in [3.05, 3.63) is 35.9 Å². The maximum absolute atomic E-state index is 9.99. The van der Waals surface area contributed by atoms with Gasteiger partial charge in [0.1, 0.15) is 17.4 Å². The van der Waals surface area contributed by atoms with Crippen molar-refractivity contribution in [3.8, 4) is 5.75 Å². The van der Waals surface area contributed by atoms with Crippen LogP contribution in [0, 0.1) is 6.92 Å². The van der Waals surface area contributed by atoms with Gasteiger partial charge in [-0.2, -0.15) is 0 Å². The molecule has 0 bridgehead atoms. The number of phenols is 1. The van der Waals surface area contributed by atoms with E-state index >= 15 is 0 Å². The maximum Gasteiger partial charge on any atom is 0.147 e. The van der Waals surface area contributed by atoms with Crippen molar-refractivity contribution in [1.29, 1.82) is 0 Å². The molecule has 1 fully saturated rings. The summed E-state index contributed by atoms with van der Waals surface area (Å²) >= 11 is 0. The molecule has 2 heterocycles. The van der Waals surface area contributed by atoms with Crippen LogP contribution >= 0.6 is 0 Å². The molecule has 6 heteroatoms. The van der Waals surface area contributed by atoms with Crippen molar-refractivity contribution in [1.82, 2.24) is 19.7 Å². The molecule has 1 aliphatic heterocycles. The van der Waals surface area contributed by atoms with Crippen LogP contribution in [0.5, 0.6) is 5.75 Å². The molecule has 0 amide bonds. The second-order valence-electron chi connectivity index (χ2n) is 6.07. The zero-order valence-electron chi connectivity index (χ0n) is 13.9. The minimum absolute atomic E-state index is 0.360. The van der Waals surface area contributed by atoms with Gasteiger partial charge in [0.15, 0.2) is 0 Å². The number of piperazine rings is 1. The quantitative estimate of drug-likeness (QED) is 0.915. The van der Waals surface area contributed by atoms with E-state index in [-0.39, 0.29) is 0 Å². The molecule has 1 aliphatic rings. The van der Waals surface area contributed by atoms with Crippen molar-refractivity contribution in [2.45, 2.75) is 33.4 Å². The van der Waals surface area contributed by atoms with Gasteiger partial charge >= 0.3 is 0 Å². The fourth-order valence-electron chi connectivity index (χ4n) is 3.13. The van der Waals surface area contributed by atoms with E-state index in [4.69, 9.17) is 0 Å². The first-order valence-corrected chi connectivity index (χ1v) is 8.33. The van der Waals surface area contributed by atoms with Crippen LogP contribution in [0.4, 0.5) is 5.69 Å². The normalized spacial score (nSPS) is 16.0. The molecule has 0 saturated carbocycles. The predicted molar refractivity (Wildman–Crippen MR) is 90.6 cm³/mol. The van der Waals surface area contributed by atoms with E-state index < -0.39 is 0 Å². The SMILES string of the molecule is CCCn1c(C)nnc1CN1CCN(c2ccccc2O)CC1. The van der Waals surface area contributed by atoms with Crippen LogP contribution in [0.25, 0.3) is 0 Å². The number of para-hydroxylation sites is 2. The summed E-state index contributed by atoms with van der Waals surface area (Å²) < 4.78 is 2.22. The molecule has 1 aromatic heterocycles. The summed E-state index contributed by atoms with van der Waals surface area (Å²) in [7, 11) is 0. The Morgan fingerprint density at radius 2 is 1.83 bits per heavy atom. The van der Waals surface area contributed by atoms with Gasteiger partial charge in [0.25, 0.3) is 0 Å². The Kier molecular flexibility index (Phi) is 4.81. The molecule has 0 unspecified atom stereocenters. The first-order valence-electron chi connectivity index (χ1n) is 8.33. The lowest BCUT2D eigenvalue weighted by molar-refractivity contribution is 0.239. The third-order valence-electron chi connectivity index (χ3n) is 4.42. The van der Waals surface area contributed by atoms with Crippen LogP contribution in [0.2, 0.25) is 0 Å². The van der Waals surface area contributed by atoms with Crippen LogP contribution < -0.4 is 4.90 Å². The molecule has 1 N–H and O–H groups in total. The smallest absolute Gasteiger partial charge is 0.147 e. The lowest BCUT2D eigenvalue weighted by Crippen LogP contribution is -2.46. The average molecular weight is 315 g/mol. The zero-order valence-corrected chi connectivity index (χ0v) is 13.9. The van der Waals surface area contributed by atoms with E-state index in [1.165, 1.54) is 0 Å². The highest BCUT2D eigenvalue weighted by Gasteiger charge is 2.21. The summed E-state index contributed by atoms with van der Waals surface area (Å²) in [5.74, 6) is 2.41. The number of phenolic OH excluding ortho intramolecular Hbond substituents is 1. The van der Waals surface area contributed by atoms with Gasteiger partial charge in [0.05, 0.1) is 12.2 Å². The number of nitrogens with zero attached hydrogens (tertiary/aromatic N) is 5. The van der Waals surface area contributed by atoms with Crippen molar-refractivity contribution in [3.63, 3.8) is 0 Å². The first-order chi connectivity index (χ1) is 11.2. The van der Waals surface area contributed by atoms with Gasteiger partial charge in [-0.05, 0) is 25.5 Å². The van der Waals surface area contributed by atoms with Crippen molar-refractivity contribution in [2.75, 3.05) is 31.1 Å². The van der Waals surface area contributed by atoms with Gasteiger partial charge in [0.2, 0.25) is 0 Å². The number of anilines is 1. The number of aryl methyl sites for hydroxylation is 1. The van der Waals surface area contributed by atoms with Crippen molar-refractivity contribution in [2.24, 2.45) is 0 Å². The van der Waals surface area contributed by atoms with E-state index in [0.717, 1.165) is 63.0 Å². The van der Waals surface area contributed by atoms with Gasteiger partial charge in [-0.1, -0.05) is 19.1 Å². The van der Waals surface area contributed by atoms with Crippen LogP contribution in [0.3, 0.4) is 0 Å². The monoisotopic (exact) mass is 315 g/mol. The summed E-state index contributed by atoms with van der Waals surface area (Å²) in [6.45, 7) is 9.77. The Labute approximate surface area is 137 Å². The Hall–Kier alpha value is -2.08. The number of benzene rings is 1. The summed E-state index contributed by atoms with van der Waals surface area (Å²) in [5.41, 5.74) is 0.928. The highest BCUT2D eigenvalue weighted by atomic mass is 16.3. The zero-order chi connectivity index (χ0) is 16.2. The second-order valence-corrected chi connectivity index (χ2v) is 6.07. The molecule has 23 heavy (non-hydrogen) atoms. The van der Waals surface area contributed by atoms with E-state index in [2.05, 4.69) is 31.5 Å². The molecule has 0 radical (unpaired) electrons. The summed E-state index contributed by atoms with van der Waals surface area (Å²) in [6.07, 6.45) is 1.09. The molecule has 6 nitrogen and oxygen atoms in total. The van der Waals surface area contributed by atoms with Gasteiger partial charge in [0, 0.05) is 32.7 Å². The van der Waals surface area contributed by atoms with Gasteiger partial charge in [-0.25, -0.2) is 0 Å². The van der Waals surface area contributed by atoms with Crippen molar-refractivity contribution >= 4 is 5.69 Å². The van der Waals surface area contributed by atoms with Crippen LogP contribution in [-0.4, -0.2) is 50.9 Å². The lowest BCUT2D eigenvalue weighted by Gasteiger charge is -2.36. The largest absolute Gasteiger partial charge is 0.506 e. The van der Waals surface area contributed by atoms with E-state index in [9.17, 15) is 5.11 Å². The summed E-state index contributed by atoms with van der Waals surface area (Å²) in [4.78, 5) is 4.65. The molecule has 1 aromatic carbocycles. The Morgan fingerprint density at radius 3 is 2.52 bits per heavy atom. The van der Waals surface area contributed by atoms with E-state index in [0.29, 0.717) is 5.75 Å². The number of rotatable bonds is 5. The Bertz CT molecular complexity index is 646. The highest BCUT2D eigenvalue weighted by Crippen LogP contribution is 2.27. The van der Waals surface area contributed by atoms with E-state index in [1.54, 1.807) is 6.07 Å². The fraction of sp³-hybridized carbons (Fsp3) is 0.529. The Balaban J connectivity index is 1.61. The molecular weight excluding hydrogens is 290 g/mol. The lowest BCUT2D eigenvalue weighted by atomic mass is 10.2. The molecule has 0 atom stereocenters. The molecule has 0 aliphatic carbocycles. The third kappa shape index (κ3) is 3.47. The average Bonchev–Trinajstić information content (AvgIpc) is 2.90. The number of aromatic nitrogens is 3. The van der Waals surface area contributed by atoms with Gasteiger partial charge in [-0.15, -0.1) is 10.2 Å². The molecular formula is C17H25N5O. The molecule has 1 saturated heterocycles. The second kappa shape index (κ2) is 7.00. The molecule has 124 valence electrons. The Morgan fingerprint density at radius 1 is 1.09 bits per heavy atom. The minimum Gasteiger partial charge on any atom is -0.506 e. The van der Waals surface area contributed by atoms with E-state index in [1.807, 2.05) is 25.1 Å². The van der Waals surface area contributed by atoms with Crippen LogP contribution in [0.15, 0.2) is 24.3 Å². The first kappa shape index (κ1) is 15.8. The maximum atomic E-state index is 9.99. The van der Waals surface area contributed by atoms with Crippen LogP contribution in [-0.2, 0) is 13.1 Å². The molecule has 2 aromatic rings. The topological polar surface area (TPSA) is 57.4 Å². The number of aromatic hydroxyl groups is 1. The standard InChI is InChI=1S/C17H25N5O/c1-3-8-22-14(2)18-19-17(22)13-20-9-11-21(12-10-20)15-6-4-5-7-16(15)23/h4-7,23H,3,8-13H2,1-2H3. The van der Waals surface area contributed by atoms with Crippen LogP contribution in [0.1, 0.15) is 25.0 Å². The predicted octanol–water partition coefficient (Wildman–Crippen LogP) is 2.02. The number of hydrogen-bond donors (Lipinski definition) is 1. The minimum atomic E-state index is 0.360. The van der Waals surface area contributed by atoms with Crippen molar-refractivity contribution < 1.29 is 5.11 Å². The highest BCUT2D eigenvalue weighted by molar-refractivity contribution is 5.57. The van der Waals surface area contributed by atoms with Gasteiger partial charge < -0.3 is 14.6 Å². The number of hydrogen-bond acceptors (Lipinski definition) is 5. The third-order valence-corrected chi connectivity index (χ3v) is 4.42. The molecule has 3 rings (SSSR count). The summed E-state index contributed by atoms with van der Waals surface area (Å²) in [6, 6.07) is 7.55. The molecule has 0 spiro atoms. The summed E-state index contributed by atoms with van der Waals surface area (Å²) in [5, 5.41) is 18.5.